The largest absolute Gasteiger partial charge is 0.737 e. The average Bonchev–Trinajstić information content (AvgIpc) is 3.10. The van der Waals surface area contributed by atoms with Crippen molar-refractivity contribution in [3.63, 3.8) is 0 Å². The van der Waals surface area contributed by atoms with E-state index in [9.17, 15) is 0 Å². The minimum atomic E-state index is -3.88. The van der Waals surface area contributed by atoms with Crippen molar-refractivity contribution in [2.75, 3.05) is 0 Å². The molecule has 0 N–H and O–H groups in total. The van der Waals surface area contributed by atoms with Gasteiger partial charge in [-0.3, -0.25) is 0 Å². The Kier molecular flexibility index (Phi) is 3.11. The van der Waals surface area contributed by atoms with E-state index in [-0.39, 0.29) is 0 Å². The molecule has 0 radical (unpaired) electrons. The highest BCUT2D eigenvalue weighted by molar-refractivity contribution is 7.13. The molecule has 4 rings (SSSR count). The number of hydrogen-bond donors (Lipinski definition) is 0. The molecular formula is C18H19BF2N2S. The number of halogens is 2. The maximum absolute atomic E-state index is 15.4. The summed E-state index contributed by atoms with van der Waals surface area (Å²) in [5.41, 5.74) is 5.27. The van der Waals surface area contributed by atoms with E-state index in [4.69, 9.17) is 0 Å². The highest BCUT2D eigenvalue weighted by Gasteiger charge is 2.55. The summed E-state index contributed by atoms with van der Waals surface area (Å²) in [6.45, 7) is 5.54. The average molecular weight is 344 g/mol. The van der Waals surface area contributed by atoms with Gasteiger partial charge in [0.25, 0.3) is 0 Å². The van der Waals surface area contributed by atoms with Gasteiger partial charge < -0.3 is 17.6 Å². The van der Waals surface area contributed by atoms with Crippen LogP contribution >= 0.6 is 11.3 Å². The maximum Gasteiger partial charge on any atom is 0.737 e. The second kappa shape index (κ2) is 4.79. The molecule has 0 spiro atoms. The molecule has 0 aromatic carbocycles. The van der Waals surface area contributed by atoms with Crippen LogP contribution in [0.4, 0.5) is 8.63 Å². The fraction of sp³-hybridized carbons (Fsp3) is 0.278. The van der Waals surface area contributed by atoms with Crippen LogP contribution in [0.5, 0.6) is 0 Å². The molecule has 0 amide bonds. The van der Waals surface area contributed by atoms with Crippen molar-refractivity contribution in [1.82, 2.24) is 4.48 Å². The van der Waals surface area contributed by atoms with E-state index in [1.165, 1.54) is 13.8 Å². The SMILES string of the molecule is CC1=CC(C)=[N+]2C1=C(c1ccc(C)s1)c1c(C)cc(C)n1[B-]2(F)F. The summed E-state index contributed by atoms with van der Waals surface area (Å²) >= 11 is 1.66. The molecule has 2 aromatic heterocycles. The summed E-state index contributed by atoms with van der Waals surface area (Å²) in [7, 11) is 0. The van der Waals surface area contributed by atoms with Gasteiger partial charge in [0.1, 0.15) is 5.71 Å². The van der Waals surface area contributed by atoms with E-state index in [0.29, 0.717) is 22.8 Å². The molecule has 0 saturated heterocycles. The predicted octanol–water partition coefficient (Wildman–Crippen LogP) is 4.90. The van der Waals surface area contributed by atoms with Gasteiger partial charge in [0, 0.05) is 34.0 Å². The highest BCUT2D eigenvalue weighted by Crippen LogP contribution is 2.45. The van der Waals surface area contributed by atoms with Gasteiger partial charge in [0.15, 0.2) is 5.70 Å². The Labute approximate surface area is 144 Å². The summed E-state index contributed by atoms with van der Waals surface area (Å²) in [6, 6.07) is 5.96. The van der Waals surface area contributed by atoms with Crippen LogP contribution in [0.2, 0.25) is 0 Å². The fourth-order valence-corrected chi connectivity index (χ4v) is 5.02. The second-order valence-corrected chi connectivity index (χ2v) is 8.04. The number of allylic oxidation sites excluding steroid dienone is 2. The monoisotopic (exact) mass is 344 g/mol. The fourth-order valence-electron chi connectivity index (χ4n) is 4.10. The van der Waals surface area contributed by atoms with Crippen LogP contribution < -0.4 is 0 Å². The van der Waals surface area contributed by atoms with Crippen LogP contribution in [0.25, 0.3) is 5.57 Å². The third-order valence-electron chi connectivity index (χ3n) is 4.92. The van der Waals surface area contributed by atoms with Gasteiger partial charge in [-0.25, -0.2) is 0 Å². The van der Waals surface area contributed by atoms with Gasteiger partial charge in [-0.15, -0.1) is 11.3 Å². The number of hydrogen-bond acceptors (Lipinski definition) is 1. The first-order valence-corrected chi connectivity index (χ1v) is 8.89. The van der Waals surface area contributed by atoms with Crippen molar-refractivity contribution in [2.45, 2.75) is 34.6 Å². The van der Waals surface area contributed by atoms with Crippen molar-refractivity contribution >= 4 is 29.6 Å². The summed E-state index contributed by atoms with van der Waals surface area (Å²) in [4.78, 5) is 2.23. The number of nitrogens with zero attached hydrogens (tertiary/aromatic N) is 2. The molecule has 2 nitrogen and oxygen atoms in total. The zero-order valence-electron chi connectivity index (χ0n) is 14.4. The van der Waals surface area contributed by atoms with Crippen LogP contribution in [-0.2, 0) is 0 Å². The summed E-state index contributed by atoms with van der Waals surface area (Å²) < 4.78 is 33.3. The molecule has 0 atom stereocenters. The Morgan fingerprint density at radius 1 is 1.08 bits per heavy atom. The Hall–Kier alpha value is -1.95. The lowest BCUT2D eigenvalue weighted by atomic mass is 9.85. The van der Waals surface area contributed by atoms with Crippen LogP contribution in [0.15, 0.2) is 35.5 Å². The Bertz CT molecular complexity index is 989. The number of fused-ring (bicyclic) bond motifs is 2. The maximum atomic E-state index is 15.4. The normalized spacial score (nSPS) is 18.9. The van der Waals surface area contributed by atoms with Crippen LogP contribution in [0, 0.1) is 20.8 Å². The van der Waals surface area contributed by atoms with Crippen molar-refractivity contribution in [3.8, 4) is 0 Å². The molecule has 24 heavy (non-hydrogen) atoms. The minimum absolute atomic E-state index is 0.606. The predicted molar refractivity (Wildman–Crippen MR) is 97.1 cm³/mol. The van der Waals surface area contributed by atoms with Gasteiger partial charge in [0.05, 0.1) is 5.57 Å². The number of rotatable bonds is 1. The molecular weight excluding hydrogens is 325 g/mol. The lowest BCUT2D eigenvalue weighted by Crippen LogP contribution is -2.51. The van der Waals surface area contributed by atoms with Crippen molar-refractivity contribution < 1.29 is 13.1 Å². The Balaban J connectivity index is 2.19. The zero-order valence-corrected chi connectivity index (χ0v) is 15.3. The molecule has 0 unspecified atom stereocenters. The van der Waals surface area contributed by atoms with Crippen LogP contribution in [0.1, 0.15) is 40.6 Å². The van der Waals surface area contributed by atoms with Gasteiger partial charge in [-0.05, 0) is 57.2 Å². The van der Waals surface area contributed by atoms with Gasteiger partial charge >= 0.3 is 6.97 Å². The second-order valence-electron chi connectivity index (χ2n) is 6.75. The molecule has 124 valence electrons. The quantitative estimate of drug-likeness (QED) is 0.650. The van der Waals surface area contributed by atoms with Gasteiger partial charge in [-0.2, -0.15) is 0 Å². The molecule has 2 aliphatic rings. The minimum Gasteiger partial charge on any atom is -0.393 e. The van der Waals surface area contributed by atoms with Crippen molar-refractivity contribution in [2.24, 2.45) is 0 Å². The molecule has 0 aliphatic carbocycles. The van der Waals surface area contributed by atoms with E-state index < -0.39 is 6.97 Å². The smallest absolute Gasteiger partial charge is 0.393 e. The first-order valence-electron chi connectivity index (χ1n) is 8.07. The Morgan fingerprint density at radius 2 is 1.79 bits per heavy atom. The van der Waals surface area contributed by atoms with Crippen LogP contribution in [0.3, 0.4) is 0 Å². The highest BCUT2D eigenvalue weighted by atomic mass is 32.1. The standard InChI is InChI=1S/C18H19BF2N2S/c1-10-8-12(3)22-17(10)16(15-7-6-14(5)24-15)18-11(2)9-13(4)23(18)19(22,20)21/h6-9H,1-5H3. The van der Waals surface area contributed by atoms with Crippen molar-refractivity contribution in [3.05, 3.63) is 62.3 Å². The van der Waals surface area contributed by atoms with E-state index >= 15 is 8.63 Å². The number of thiophene rings is 1. The summed E-state index contributed by atoms with van der Waals surface area (Å²) in [6.07, 6.45) is 1.86. The summed E-state index contributed by atoms with van der Waals surface area (Å²) in [5.74, 6) is 0. The molecule has 0 fully saturated rings. The van der Waals surface area contributed by atoms with E-state index in [0.717, 1.165) is 21.6 Å². The van der Waals surface area contributed by atoms with Crippen LogP contribution in [-0.4, -0.2) is 21.6 Å². The molecule has 4 heterocycles. The third kappa shape index (κ3) is 1.83. The topological polar surface area (TPSA) is 7.94 Å². The number of aromatic nitrogens is 1. The third-order valence-corrected chi connectivity index (χ3v) is 5.94. The molecule has 0 bridgehead atoms. The number of aryl methyl sites for hydroxylation is 3. The van der Waals surface area contributed by atoms with Gasteiger partial charge in [0.2, 0.25) is 0 Å². The first kappa shape index (κ1) is 15.6. The van der Waals surface area contributed by atoms with Crippen molar-refractivity contribution in [1.29, 1.82) is 0 Å². The molecule has 2 aliphatic heterocycles. The lowest BCUT2D eigenvalue weighted by Gasteiger charge is -2.33. The van der Waals surface area contributed by atoms with Gasteiger partial charge in [-0.1, -0.05) is 0 Å². The summed E-state index contributed by atoms with van der Waals surface area (Å²) in [5, 5.41) is 0. The van der Waals surface area contributed by atoms with E-state index in [1.807, 2.05) is 39.0 Å². The first-order chi connectivity index (χ1) is 11.2. The van der Waals surface area contributed by atoms with E-state index in [2.05, 4.69) is 6.07 Å². The lowest BCUT2D eigenvalue weighted by molar-refractivity contribution is -0.363. The Morgan fingerprint density at radius 3 is 2.42 bits per heavy atom. The molecule has 6 heteroatoms. The molecule has 0 saturated carbocycles. The van der Waals surface area contributed by atoms with E-state index in [1.54, 1.807) is 25.2 Å². The molecule has 2 aromatic rings. The zero-order chi connectivity index (χ0) is 17.4.